The van der Waals surface area contributed by atoms with E-state index < -0.39 is 11.9 Å². The van der Waals surface area contributed by atoms with Crippen molar-refractivity contribution in [3.05, 3.63) is 34.9 Å². The number of aliphatic carboxylic acids is 1. The highest BCUT2D eigenvalue weighted by molar-refractivity contribution is 6.30. The first-order valence-electron chi connectivity index (χ1n) is 4.33. The highest BCUT2D eigenvalue weighted by Crippen LogP contribution is 2.21. The van der Waals surface area contributed by atoms with Gasteiger partial charge in [-0.05, 0) is 30.7 Å². The number of carboxylic acid groups (broad SMARTS) is 1. The van der Waals surface area contributed by atoms with E-state index >= 15 is 0 Å². The zero-order valence-electron chi connectivity index (χ0n) is 7.61. The fourth-order valence-corrected chi connectivity index (χ4v) is 1.42. The van der Waals surface area contributed by atoms with Crippen molar-refractivity contribution in [2.75, 3.05) is 6.54 Å². The van der Waals surface area contributed by atoms with E-state index in [0.29, 0.717) is 18.0 Å². The molecule has 76 valence electrons. The van der Waals surface area contributed by atoms with Crippen molar-refractivity contribution in [1.82, 2.24) is 0 Å². The second kappa shape index (κ2) is 4.98. The van der Waals surface area contributed by atoms with Crippen molar-refractivity contribution in [2.24, 2.45) is 5.73 Å². The van der Waals surface area contributed by atoms with Crippen LogP contribution < -0.4 is 5.73 Å². The third kappa shape index (κ3) is 2.72. The van der Waals surface area contributed by atoms with Crippen LogP contribution in [0.4, 0.5) is 0 Å². The Morgan fingerprint density at radius 2 is 2.00 bits per heavy atom. The van der Waals surface area contributed by atoms with Gasteiger partial charge in [-0.2, -0.15) is 0 Å². The van der Waals surface area contributed by atoms with Crippen LogP contribution in [0.1, 0.15) is 17.9 Å². The predicted molar refractivity (Wildman–Crippen MR) is 55.5 cm³/mol. The third-order valence-electron chi connectivity index (χ3n) is 2.03. The second-order valence-corrected chi connectivity index (χ2v) is 3.46. The summed E-state index contributed by atoms with van der Waals surface area (Å²) in [6.45, 7) is 0.361. The highest BCUT2D eigenvalue weighted by atomic mass is 35.5. The molecule has 0 radical (unpaired) electrons. The van der Waals surface area contributed by atoms with Gasteiger partial charge in [0.25, 0.3) is 0 Å². The maximum atomic E-state index is 10.9. The summed E-state index contributed by atoms with van der Waals surface area (Å²) in [5.41, 5.74) is 6.09. The average molecular weight is 214 g/mol. The molecule has 1 aromatic rings. The Balaban J connectivity index is 2.87. The monoisotopic (exact) mass is 213 g/mol. The number of carboxylic acids is 1. The third-order valence-corrected chi connectivity index (χ3v) is 2.28. The molecule has 0 aromatic heterocycles. The molecule has 0 fully saturated rings. The molecule has 0 bridgehead atoms. The Kier molecular flexibility index (Phi) is 3.92. The summed E-state index contributed by atoms with van der Waals surface area (Å²) < 4.78 is 0. The van der Waals surface area contributed by atoms with Crippen molar-refractivity contribution in [2.45, 2.75) is 12.3 Å². The Morgan fingerprint density at radius 1 is 1.43 bits per heavy atom. The lowest BCUT2D eigenvalue weighted by molar-refractivity contribution is -0.138. The summed E-state index contributed by atoms with van der Waals surface area (Å²) in [5, 5.41) is 9.54. The van der Waals surface area contributed by atoms with Gasteiger partial charge in [0.15, 0.2) is 0 Å². The minimum Gasteiger partial charge on any atom is -0.481 e. The van der Waals surface area contributed by atoms with Crippen LogP contribution in [-0.2, 0) is 4.79 Å². The molecule has 0 saturated heterocycles. The minimum atomic E-state index is -0.849. The zero-order chi connectivity index (χ0) is 10.6. The number of carbonyl (C=O) groups is 1. The largest absolute Gasteiger partial charge is 0.481 e. The van der Waals surface area contributed by atoms with Gasteiger partial charge in [0.1, 0.15) is 0 Å². The van der Waals surface area contributed by atoms with Crippen LogP contribution in [0.15, 0.2) is 24.3 Å². The molecule has 0 heterocycles. The average Bonchev–Trinajstić information content (AvgIpc) is 2.15. The fourth-order valence-electron chi connectivity index (χ4n) is 1.29. The first-order valence-corrected chi connectivity index (χ1v) is 4.71. The molecule has 0 spiro atoms. The molecule has 0 aliphatic heterocycles. The smallest absolute Gasteiger partial charge is 0.311 e. The molecule has 0 saturated carbocycles. The number of nitrogens with two attached hydrogens (primary N) is 1. The van der Waals surface area contributed by atoms with Crippen molar-refractivity contribution in [3.63, 3.8) is 0 Å². The normalized spacial score (nSPS) is 12.4. The number of rotatable bonds is 4. The van der Waals surface area contributed by atoms with E-state index in [-0.39, 0.29) is 0 Å². The maximum Gasteiger partial charge on any atom is 0.311 e. The Bertz CT molecular complexity index is 310. The molecular weight excluding hydrogens is 202 g/mol. The molecule has 1 unspecified atom stereocenters. The van der Waals surface area contributed by atoms with Gasteiger partial charge in [0, 0.05) is 5.02 Å². The van der Waals surface area contributed by atoms with Crippen molar-refractivity contribution in [1.29, 1.82) is 0 Å². The van der Waals surface area contributed by atoms with E-state index in [1.807, 2.05) is 0 Å². The predicted octanol–water partition coefficient (Wildman–Crippen LogP) is 1.86. The molecule has 0 amide bonds. The van der Waals surface area contributed by atoms with Crippen molar-refractivity contribution in [3.8, 4) is 0 Å². The topological polar surface area (TPSA) is 63.3 Å². The van der Waals surface area contributed by atoms with Gasteiger partial charge >= 0.3 is 5.97 Å². The molecule has 1 atom stereocenters. The number of benzene rings is 1. The summed E-state index contributed by atoms with van der Waals surface area (Å²) in [6.07, 6.45) is 0.441. The molecule has 14 heavy (non-hydrogen) atoms. The van der Waals surface area contributed by atoms with E-state index in [4.69, 9.17) is 22.4 Å². The lowest BCUT2D eigenvalue weighted by Crippen LogP contribution is -2.15. The van der Waals surface area contributed by atoms with Gasteiger partial charge < -0.3 is 10.8 Å². The molecule has 3 N–H and O–H groups in total. The number of halogens is 1. The molecule has 4 heteroatoms. The number of hydrogen-bond acceptors (Lipinski definition) is 2. The van der Waals surface area contributed by atoms with Gasteiger partial charge in [-0.15, -0.1) is 0 Å². The van der Waals surface area contributed by atoms with Gasteiger partial charge in [-0.25, -0.2) is 0 Å². The van der Waals surface area contributed by atoms with Crippen LogP contribution in [0.5, 0.6) is 0 Å². The lowest BCUT2D eigenvalue weighted by atomic mass is 9.96. The molecule has 0 aliphatic rings. The fraction of sp³-hybridized carbons (Fsp3) is 0.300. The summed E-state index contributed by atoms with van der Waals surface area (Å²) in [5.74, 6) is -1.38. The zero-order valence-corrected chi connectivity index (χ0v) is 8.37. The summed E-state index contributed by atoms with van der Waals surface area (Å²) in [6, 6.07) is 6.81. The van der Waals surface area contributed by atoms with Crippen molar-refractivity contribution >= 4 is 17.6 Å². The van der Waals surface area contributed by atoms with E-state index in [2.05, 4.69) is 0 Å². The van der Waals surface area contributed by atoms with Gasteiger partial charge in [-0.3, -0.25) is 4.79 Å². The van der Waals surface area contributed by atoms with E-state index in [0.717, 1.165) is 5.56 Å². The number of hydrogen-bond donors (Lipinski definition) is 2. The van der Waals surface area contributed by atoms with Gasteiger partial charge in [0.2, 0.25) is 0 Å². The highest BCUT2D eigenvalue weighted by Gasteiger charge is 2.18. The van der Waals surface area contributed by atoms with Crippen LogP contribution in [0.25, 0.3) is 0 Å². The van der Waals surface area contributed by atoms with E-state index in [9.17, 15) is 4.79 Å². The van der Waals surface area contributed by atoms with Gasteiger partial charge in [-0.1, -0.05) is 23.7 Å². The Morgan fingerprint density at radius 3 is 2.43 bits per heavy atom. The van der Waals surface area contributed by atoms with Crippen LogP contribution in [0, 0.1) is 0 Å². The molecule has 3 nitrogen and oxygen atoms in total. The minimum absolute atomic E-state index is 0.361. The Labute approximate surface area is 87.5 Å². The van der Waals surface area contributed by atoms with Crippen LogP contribution in [0.2, 0.25) is 5.02 Å². The van der Waals surface area contributed by atoms with Crippen molar-refractivity contribution < 1.29 is 9.90 Å². The van der Waals surface area contributed by atoms with Crippen LogP contribution >= 0.6 is 11.6 Å². The Hall–Kier alpha value is -1.06. The SMILES string of the molecule is NCCC(C(=O)O)c1ccc(Cl)cc1. The standard InChI is InChI=1S/C10H12ClNO2/c11-8-3-1-7(2-4-8)9(5-6-12)10(13)14/h1-4,9H,5-6,12H2,(H,13,14). The molecule has 0 aliphatic carbocycles. The summed E-state index contributed by atoms with van der Waals surface area (Å²) in [7, 11) is 0. The van der Waals surface area contributed by atoms with Crippen LogP contribution in [-0.4, -0.2) is 17.6 Å². The quantitative estimate of drug-likeness (QED) is 0.803. The summed E-state index contributed by atoms with van der Waals surface area (Å²) >= 11 is 5.70. The molecule has 1 aromatic carbocycles. The van der Waals surface area contributed by atoms with Gasteiger partial charge in [0.05, 0.1) is 5.92 Å². The maximum absolute atomic E-state index is 10.9. The van der Waals surface area contributed by atoms with E-state index in [1.165, 1.54) is 0 Å². The van der Waals surface area contributed by atoms with E-state index in [1.54, 1.807) is 24.3 Å². The first-order chi connectivity index (χ1) is 6.65. The second-order valence-electron chi connectivity index (χ2n) is 3.02. The van der Waals surface area contributed by atoms with Crippen LogP contribution in [0.3, 0.4) is 0 Å². The summed E-state index contributed by atoms with van der Waals surface area (Å²) in [4.78, 5) is 10.9. The first kappa shape index (κ1) is 11.0. The molecular formula is C10H12ClNO2. The molecule has 1 rings (SSSR count). The lowest BCUT2D eigenvalue weighted by Gasteiger charge is -2.10.